The van der Waals surface area contributed by atoms with E-state index in [4.69, 9.17) is 14.2 Å². The van der Waals surface area contributed by atoms with Crippen LogP contribution in [-0.2, 0) is 14.9 Å². The number of hydrogen-bond acceptors (Lipinski definition) is 8. The van der Waals surface area contributed by atoms with Gasteiger partial charge in [0.25, 0.3) is 5.91 Å². The number of rotatable bonds is 13. The summed E-state index contributed by atoms with van der Waals surface area (Å²) in [6.07, 6.45) is 3.63. The molecule has 2 fully saturated rings. The Bertz CT molecular complexity index is 1240. The second-order valence-electron chi connectivity index (χ2n) is 9.60. The molecule has 1 aliphatic carbocycles. The van der Waals surface area contributed by atoms with Crippen LogP contribution in [0, 0.1) is 17.6 Å². The fourth-order valence-electron chi connectivity index (χ4n) is 4.12. The molecule has 0 unspecified atom stereocenters. The van der Waals surface area contributed by atoms with E-state index in [2.05, 4.69) is 4.98 Å². The lowest BCUT2D eigenvalue weighted by atomic mass is 10.1. The molecule has 1 aromatic carbocycles. The van der Waals surface area contributed by atoms with Crippen LogP contribution in [0.5, 0.6) is 11.5 Å². The van der Waals surface area contributed by atoms with Gasteiger partial charge in [-0.15, -0.1) is 0 Å². The van der Waals surface area contributed by atoms with Crippen molar-refractivity contribution in [1.29, 1.82) is 0 Å². The SMILES string of the molecule is CC[C@@H](Oc1ccc(C(=O)NS(=O)(=O)N2CCN(CCOC)CC2)c(F)c1F)c1ccc(OCC2CC2)cn1. The van der Waals surface area contributed by atoms with E-state index >= 15 is 0 Å². The van der Waals surface area contributed by atoms with Crippen molar-refractivity contribution in [1.82, 2.24) is 18.9 Å². The number of nitrogens with zero attached hydrogens (tertiary/aromatic N) is 3. The maximum absolute atomic E-state index is 14.9. The number of piperazine rings is 1. The predicted octanol–water partition coefficient (Wildman–Crippen LogP) is 2.92. The summed E-state index contributed by atoms with van der Waals surface area (Å²) in [4.78, 5) is 19.0. The molecule has 1 aliphatic heterocycles. The summed E-state index contributed by atoms with van der Waals surface area (Å²) >= 11 is 0. The number of carbonyl (C=O) groups excluding carboxylic acids is 1. The van der Waals surface area contributed by atoms with Crippen molar-refractivity contribution < 1.29 is 36.2 Å². The lowest BCUT2D eigenvalue weighted by Gasteiger charge is -2.33. The van der Waals surface area contributed by atoms with Crippen molar-refractivity contribution in [2.24, 2.45) is 5.92 Å². The fraction of sp³-hybridized carbons (Fsp3) is 0.538. The predicted molar refractivity (Wildman–Crippen MR) is 139 cm³/mol. The molecule has 1 atom stereocenters. The molecule has 0 spiro atoms. The molecule has 13 heteroatoms. The number of pyridine rings is 1. The van der Waals surface area contributed by atoms with Crippen LogP contribution in [0.2, 0.25) is 0 Å². The first-order chi connectivity index (χ1) is 18.7. The number of methoxy groups -OCH3 is 1. The van der Waals surface area contributed by atoms with Crippen LogP contribution in [0.3, 0.4) is 0 Å². The average molecular weight is 569 g/mol. The van der Waals surface area contributed by atoms with E-state index in [1.165, 1.54) is 12.8 Å². The van der Waals surface area contributed by atoms with E-state index < -0.39 is 45.2 Å². The van der Waals surface area contributed by atoms with Gasteiger partial charge < -0.3 is 14.2 Å². The van der Waals surface area contributed by atoms with Gasteiger partial charge in [0.15, 0.2) is 11.6 Å². The fourth-order valence-corrected chi connectivity index (χ4v) is 5.24. The highest BCUT2D eigenvalue weighted by molar-refractivity contribution is 7.87. The maximum Gasteiger partial charge on any atom is 0.304 e. The van der Waals surface area contributed by atoms with Gasteiger partial charge in [0, 0.05) is 39.8 Å². The molecule has 0 bridgehead atoms. The van der Waals surface area contributed by atoms with Crippen LogP contribution >= 0.6 is 0 Å². The molecule has 2 aliphatic rings. The Balaban J connectivity index is 1.38. The minimum absolute atomic E-state index is 0.149. The number of carbonyl (C=O) groups is 1. The van der Waals surface area contributed by atoms with E-state index in [1.807, 2.05) is 16.5 Å². The third-order valence-corrected chi connectivity index (χ3v) is 8.20. The molecular weight excluding hydrogens is 534 g/mol. The molecule has 1 saturated heterocycles. The molecule has 10 nitrogen and oxygen atoms in total. The molecule has 0 radical (unpaired) electrons. The van der Waals surface area contributed by atoms with E-state index in [9.17, 15) is 22.0 Å². The molecule has 1 amide bonds. The standard InChI is InChI=1S/C26H34F2N4O6S/c1-3-22(21-8-6-19(16-29-21)37-17-18-4-5-18)38-23-9-7-20(24(27)25(23)28)26(33)30-39(34,35)32-12-10-31(11-13-32)14-15-36-2/h6-9,16,18,22H,3-5,10-15,17H2,1-2H3,(H,30,33)/t22-/m1/s1. The number of hydrogen-bond donors (Lipinski definition) is 1. The van der Waals surface area contributed by atoms with Crippen LogP contribution in [-0.4, -0.2) is 81.6 Å². The minimum atomic E-state index is -4.25. The van der Waals surface area contributed by atoms with Gasteiger partial charge in [0.2, 0.25) is 5.82 Å². The third-order valence-electron chi connectivity index (χ3n) is 6.71. The van der Waals surface area contributed by atoms with Crippen molar-refractivity contribution >= 4 is 16.1 Å². The van der Waals surface area contributed by atoms with Gasteiger partial charge in [-0.3, -0.25) is 14.7 Å². The zero-order valence-corrected chi connectivity index (χ0v) is 22.9. The van der Waals surface area contributed by atoms with Gasteiger partial charge >= 0.3 is 10.2 Å². The second-order valence-corrected chi connectivity index (χ2v) is 11.3. The van der Waals surface area contributed by atoms with E-state index in [1.54, 1.807) is 25.4 Å². The topological polar surface area (TPSA) is 110 Å². The van der Waals surface area contributed by atoms with Gasteiger partial charge in [-0.1, -0.05) is 6.92 Å². The lowest BCUT2D eigenvalue weighted by Crippen LogP contribution is -2.53. The number of ether oxygens (including phenoxy) is 3. The summed E-state index contributed by atoms with van der Waals surface area (Å²) in [6, 6.07) is 5.55. The van der Waals surface area contributed by atoms with Crippen LogP contribution in [0.25, 0.3) is 0 Å². The summed E-state index contributed by atoms with van der Waals surface area (Å²) in [5, 5.41) is 0. The summed E-state index contributed by atoms with van der Waals surface area (Å²) < 4.78 is 74.5. The van der Waals surface area contributed by atoms with Crippen LogP contribution < -0.4 is 14.2 Å². The molecule has 2 aromatic rings. The molecule has 1 aromatic heterocycles. The molecule has 214 valence electrons. The number of amides is 1. The first-order valence-corrected chi connectivity index (χ1v) is 14.4. The zero-order valence-electron chi connectivity index (χ0n) is 22.1. The van der Waals surface area contributed by atoms with Gasteiger partial charge in [-0.05, 0) is 49.4 Å². The van der Waals surface area contributed by atoms with Crippen LogP contribution in [0.4, 0.5) is 8.78 Å². The Labute approximate surface area is 227 Å². The molecule has 4 rings (SSSR count). The molecule has 2 heterocycles. The normalized spacial score (nSPS) is 17.5. The van der Waals surface area contributed by atoms with Crippen molar-refractivity contribution in [3.63, 3.8) is 0 Å². The van der Waals surface area contributed by atoms with Crippen LogP contribution in [0.1, 0.15) is 48.3 Å². The first kappa shape index (κ1) is 29.1. The lowest BCUT2D eigenvalue weighted by molar-refractivity contribution is 0.0969. The Morgan fingerprint density at radius 3 is 2.49 bits per heavy atom. The van der Waals surface area contributed by atoms with Gasteiger partial charge in [-0.2, -0.15) is 17.1 Å². The number of halogens is 2. The number of aromatic nitrogens is 1. The monoisotopic (exact) mass is 568 g/mol. The summed E-state index contributed by atoms with van der Waals surface area (Å²) in [5.74, 6) is -3.36. The van der Waals surface area contributed by atoms with E-state index in [-0.39, 0.29) is 13.1 Å². The number of benzene rings is 1. The van der Waals surface area contributed by atoms with Gasteiger partial charge in [-0.25, -0.2) is 9.11 Å². The number of nitrogens with one attached hydrogen (secondary N) is 1. The van der Waals surface area contributed by atoms with Crippen molar-refractivity contribution in [3.8, 4) is 11.5 Å². The second kappa shape index (κ2) is 13.0. The summed E-state index contributed by atoms with van der Waals surface area (Å²) in [6.45, 7) is 4.84. The Morgan fingerprint density at radius 1 is 1.13 bits per heavy atom. The van der Waals surface area contributed by atoms with Crippen molar-refractivity contribution in [2.75, 3.05) is 53.0 Å². The molecular formula is C26H34F2N4O6S. The van der Waals surface area contributed by atoms with Gasteiger partial charge in [0.1, 0.15) is 11.9 Å². The summed E-state index contributed by atoms with van der Waals surface area (Å²) in [5.41, 5.74) is -0.239. The Morgan fingerprint density at radius 2 is 1.87 bits per heavy atom. The van der Waals surface area contributed by atoms with Crippen molar-refractivity contribution in [3.05, 3.63) is 53.4 Å². The average Bonchev–Trinajstić information content (AvgIpc) is 3.76. The Hall–Kier alpha value is -2.87. The largest absolute Gasteiger partial charge is 0.492 e. The molecule has 1 saturated carbocycles. The first-order valence-electron chi connectivity index (χ1n) is 13.0. The zero-order chi connectivity index (χ0) is 28.0. The minimum Gasteiger partial charge on any atom is -0.492 e. The smallest absolute Gasteiger partial charge is 0.304 e. The van der Waals surface area contributed by atoms with E-state index in [0.717, 1.165) is 16.4 Å². The van der Waals surface area contributed by atoms with E-state index in [0.29, 0.717) is 56.6 Å². The highest BCUT2D eigenvalue weighted by Crippen LogP contribution is 2.31. The maximum atomic E-state index is 14.9. The Kier molecular flexibility index (Phi) is 9.70. The van der Waals surface area contributed by atoms with Crippen molar-refractivity contribution in [2.45, 2.75) is 32.3 Å². The van der Waals surface area contributed by atoms with Crippen LogP contribution in [0.15, 0.2) is 30.5 Å². The highest BCUT2D eigenvalue weighted by Gasteiger charge is 2.30. The molecule has 1 N–H and O–H groups in total. The third kappa shape index (κ3) is 7.62. The van der Waals surface area contributed by atoms with Gasteiger partial charge in [0.05, 0.1) is 30.7 Å². The highest BCUT2D eigenvalue weighted by atomic mass is 32.2. The summed E-state index contributed by atoms with van der Waals surface area (Å²) in [7, 11) is -2.66. The molecule has 39 heavy (non-hydrogen) atoms. The quantitative estimate of drug-likeness (QED) is 0.393.